The van der Waals surface area contributed by atoms with Crippen LogP contribution in [0.25, 0.3) is 0 Å². The monoisotopic (exact) mass is 221 g/mol. The summed E-state index contributed by atoms with van der Waals surface area (Å²) in [6.45, 7) is 3.67. The summed E-state index contributed by atoms with van der Waals surface area (Å²) in [6, 6.07) is 4.53. The Balaban J connectivity index is 2.95. The summed E-state index contributed by atoms with van der Waals surface area (Å²) in [5.74, 6) is -1.01. The lowest BCUT2D eigenvalue weighted by Gasteiger charge is -2.05. The molecule has 0 bridgehead atoms. The first-order chi connectivity index (χ1) is 7.58. The number of halogens is 1. The van der Waals surface area contributed by atoms with Crippen molar-refractivity contribution in [3.63, 3.8) is 0 Å². The summed E-state index contributed by atoms with van der Waals surface area (Å²) >= 11 is 0. The molecule has 4 heteroatoms. The minimum atomic E-state index is -0.546. The van der Waals surface area contributed by atoms with Crippen LogP contribution in [0.2, 0.25) is 0 Å². The van der Waals surface area contributed by atoms with Gasteiger partial charge in [0.2, 0.25) is 0 Å². The molecule has 0 N–H and O–H groups in total. The Morgan fingerprint density at radius 3 is 2.81 bits per heavy atom. The predicted molar refractivity (Wildman–Crippen MR) is 56.2 cm³/mol. The average molecular weight is 221 g/mol. The lowest BCUT2D eigenvalue weighted by atomic mass is 10.0. The maximum Gasteiger partial charge on any atom is 0.310 e. The zero-order chi connectivity index (χ0) is 12.1. The van der Waals surface area contributed by atoms with Crippen molar-refractivity contribution in [3.8, 4) is 6.07 Å². The number of nitrogens with zero attached hydrogens (tertiary/aromatic N) is 1. The Bertz CT molecular complexity index is 449. The molecule has 0 spiro atoms. The minimum Gasteiger partial charge on any atom is -0.466 e. The zero-order valence-electron chi connectivity index (χ0n) is 9.21. The number of hydrogen-bond acceptors (Lipinski definition) is 3. The van der Waals surface area contributed by atoms with E-state index >= 15 is 0 Å². The molecule has 0 saturated heterocycles. The van der Waals surface area contributed by atoms with Crippen LogP contribution in [0.3, 0.4) is 0 Å². The van der Waals surface area contributed by atoms with Crippen LogP contribution >= 0.6 is 0 Å². The van der Waals surface area contributed by atoms with Gasteiger partial charge in [0, 0.05) is 0 Å². The summed E-state index contributed by atoms with van der Waals surface area (Å²) in [4.78, 5) is 11.2. The van der Waals surface area contributed by atoms with Gasteiger partial charge in [-0.05, 0) is 31.0 Å². The summed E-state index contributed by atoms with van der Waals surface area (Å²) in [7, 11) is 0. The quantitative estimate of drug-likeness (QED) is 0.734. The summed E-state index contributed by atoms with van der Waals surface area (Å²) < 4.78 is 18.2. The van der Waals surface area contributed by atoms with Gasteiger partial charge in [-0.3, -0.25) is 4.79 Å². The molecule has 0 heterocycles. The molecule has 3 nitrogen and oxygen atoms in total. The van der Waals surface area contributed by atoms with E-state index in [0.29, 0.717) is 5.56 Å². The van der Waals surface area contributed by atoms with Gasteiger partial charge < -0.3 is 4.74 Å². The number of nitriles is 1. The van der Waals surface area contributed by atoms with Crippen molar-refractivity contribution >= 4 is 5.97 Å². The lowest BCUT2D eigenvalue weighted by Crippen LogP contribution is -2.09. The first-order valence-corrected chi connectivity index (χ1v) is 4.93. The first kappa shape index (κ1) is 12.2. The standard InChI is InChI=1S/C12H12FNO2/c1-3-16-12(15)6-9-4-8(2)10(7-14)5-11(9)13/h4-5H,3,6H2,1-2H3. The molecule has 0 atom stereocenters. The van der Waals surface area contributed by atoms with E-state index in [1.165, 1.54) is 6.07 Å². The number of carbonyl (C=O) groups excluding carboxylic acids is 1. The molecule has 16 heavy (non-hydrogen) atoms. The molecule has 0 radical (unpaired) electrons. The summed E-state index contributed by atoms with van der Waals surface area (Å²) in [5, 5.41) is 8.69. The molecule has 1 aromatic rings. The van der Waals surface area contributed by atoms with Gasteiger partial charge in [-0.2, -0.15) is 5.26 Å². The molecular formula is C12H12FNO2. The number of rotatable bonds is 3. The fraction of sp³-hybridized carbons (Fsp3) is 0.333. The first-order valence-electron chi connectivity index (χ1n) is 4.93. The molecule has 0 unspecified atom stereocenters. The molecule has 0 aromatic heterocycles. The third-order valence-electron chi connectivity index (χ3n) is 2.15. The zero-order valence-corrected chi connectivity index (χ0v) is 9.21. The molecule has 1 rings (SSSR count). The lowest BCUT2D eigenvalue weighted by molar-refractivity contribution is -0.142. The molecule has 0 saturated carbocycles. The second-order valence-corrected chi connectivity index (χ2v) is 3.35. The van der Waals surface area contributed by atoms with Gasteiger partial charge in [0.15, 0.2) is 0 Å². The highest BCUT2D eigenvalue weighted by Gasteiger charge is 2.11. The van der Waals surface area contributed by atoms with Crippen LogP contribution in [0.4, 0.5) is 4.39 Å². The van der Waals surface area contributed by atoms with E-state index in [9.17, 15) is 9.18 Å². The number of benzene rings is 1. The van der Waals surface area contributed by atoms with Gasteiger partial charge >= 0.3 is 5.97 Å². The maximum atomic E-state index is 13.5. The predicted octanol–water partition coefficient (Wildman–Crippen LogP) is 2.11. The Hall–Kier alpha value is -1.89. The highest BCUT2D eigenvalue weighted by molar-refractivity contribution is 5.72. The number of hydrogen-bond donors (Lipinski definition) is 0. The van der Waals surface area contributed by atoms with Gasteiger partial charge in [0.05, 0.1) is 24.7 Å². The Kier molecular flexibility index (Phi) is 4.01. The molecular weight excluding hydrogens is 209 g/mol. The van der Waals surface area contributed by atoms with E-state index in [4.69, 9.17) is 10.00 Å². The second-order valence-electron chi connectivity index (χ2n) is 3.35. The molecule has 84 valence electrons. The van der Waals surface area contributed by atoms with Crippen LogP contribution in [0.5, 0.6) is 0 Å². The minimum absolute atomic E-state index is 0.105. The van der Waals surface area contributed by atoms with Crippen LogP contribution in [0.1, 0.15) is 23.6 Å². The van der Waals surface area contributed by atoms with Crippen molar-refractivity contribution in [2.75, 3.05) is 6.61 Å². The Morgan fingerprint density at radius 2 is 2.25 bits per heavy atom. The Labute approximate surface area is 93.5 Å². The van der Waals surface area contributed by atoms with Crippen molar-refractivity contribution in [2.24, 2.45) is 0 Å². The van der Waals surface area contributed by atoms with E-state index in [-0.39, 0.29) is 24.2 Å². The van der Waals surface area contributed by atoms with E-state index in [0.717, 1.165) is 6.07 Å². The topological polar surface area (TPSA) is 50.1 Å². The van der Waals surface area contributed by atoms with Gasteiger partial charge in [-0.25, -0.2) is 4.39 Å². The normalized spacial score (nSPS) is 9.62. The average Bonchev–Trinajstić information content (AvgIpc) is 2.23. The van der Waals surface area contributed by atoms with Gasteiger partial charge in [0.25, 0.3) is 0 Å². The van der Waals surface area contributed by atoms with Gasteiger partial charge in [0.1, 0.15) is 5.82 Å². The van der Waals surface area contributed by atoms with Crippen molar-refractivity contribution in [1.82, 2.24) is 0 Å². The largest absolute Gasteiger partial charge is 0.466 e. The maximum absolute atomic E-state index is 13.5. The van der Waals surface area contributed by atoms with Crippen LogP contribution in [-0.4, -0.2) is 12.6 Å². The number of ether oxygens (including phenoxy) is 1. The number of esters is 1. The van der Waals surface area contributed by atoms with Crippen LogP contribution in [0, 0.1) is 24.1 Å². The SMILES string of the molecule is CCOC(=O)Cc1cc(C)c(C#N)cc1F. The van der Waals surface area contributed by atoms with Gasteiger partial charge in [-0.1, -0.05) is 6.07 Å². The van der Waals surface area contributed by atoms with Crippen LogP contribution in [0.15, 0.2) is 12.1 Å². The molecule has 0 aliphatic carbocycles. The fourth-order valence-electron chi connectivity index (χ4n) is 1.36. The number of carbonyl (C=O) groups is 1. The molecule has 0 aliphatic rings. The summed E-state index contributed by atoms with van der Waals surface area (Å²) in [5.41, 5.74) is 1.20. The summed E-state index contributed by atoms with van der Waals surface area (Å²) in [6.07, 6.45) is -0.105. The number of aryl methyl sites for hydroxylation is 1. The van der Waals surface area contributed by atoms with E-state index < -0.39 is 11.8 Å². The van der Waals surface area contributed by atoms with E-state index in [1.807, 2.05) is 6.07 Å². The molecule has 0 fully saturated rings. The molecule has 0 amide bonds. The fourth-order valence-corrected chi connectivity index (χ4v) is 1.36. The van der Waals surface area contributed by atoms with Crippen LogP contribution in [-0.2, 0) is 16.0 Å². The Morgan fingerprint density at radius 1 is 1.56 bits per heavy atom. The van der Waals surface area contributed by atoms with E-state index in [2.05, 4.69) is 0 Å². The van der Waals surface area contributed by atoms with Crippen molar-refractivity contribution in [3.05, 3.63) is 34.6 Å². The highest BCUT2D eigenvalue weighted by atomic mass is 19.1. The smallest absolute Gasteiger partial charge is 0.310 e. The van der Waals surface area contributed by atoms with Crippen molar-refractivity contribution in [1.29, 1.82) is 5.26 Å². The third-order valence-corrected chi connectivity index (χ3v) is 2.15. The second kappa shape index (κ2) is 5.26. The van der Waals surface area contributed by atoms with Crippen molar-refractivity contribution < 1.29 is 13.9 Å². The molecule has 1 aromatic carbocycles. The van der Waals surface area contributed by atoms with E-state index in [1.54, 1.807) is 13.8 Å². The highest BCUT2D eigenvalue weighted by Crippen LogP contribution is 2.15. The van der Waals surface area contributed by atoms with Gasteiger partial charge in [-0.15, -0.1) is 0 Å². The van der Waals surface area contributed by atoms with Crippen LogP contribution < -0.4 is 0 Å². The third kappa shape index (κ3) is 2.80. The molecule has 0 aliphatic heterocycles. The van der Waals surface area contributed by atoms with Crippen molar-refractivity contribution in [2.45, 2.75) is 20.3 Å².